The number of halogens is 1. The SMILES string of the molecule is Cc1cc2c3c(ccc2cc1CCCCN1CCN(c2ccc4cc(Br)ccc4n2)CC1)C1=C(CCC=C1)CC3. The number of allylic oxidation sites excluding steroid dienone is 4. The number of hydrogen-bond donors (Lipinski definition) is 0. The van der Waals surface area contributed by atoms with Gasteiger partial charge >= 0.3 is 0 Å². The van der Waals surface area contributed by atoms with E-state index in [0.29, 0.717) is 0 Å². The second kappa shape index (κ2) is 11.1. The molecule has 2 aliphatic carbocycles. The number of hydrogen-bond acceptors (Lipinski definition) is 3. The highest BCUT2D eigenvalue weighted by Crippen LogP contribution is 2.40. The summed E-state index contributed by atoms with van der Waals surface area (Å²) in [5.74, 6) is 1.11. The zero-order valence-corrected chi connectivity index (χ0v) is 25.1. The third kappa shape index (κ3) is 5.12. The van der Waals surface area contributed by atoms with Crippen molar-refractivity contribution in [3.05, 3.63) is 99.0 Å². The number of benzene rings is 3. The Morgan fingerprint density at radius 1 is 0.850 bits per heavy atom. The molecule has 40 heavy (non-hydrogen) atoms. The summed E-state index contributed by atoms with van der Waals surface area (Å²) in [6.07, 6.45) is 13.3. The minimum Gasteiger partial charge on any atom is -0.354 e. The van der Waals surface area contributed by atoms with Crippen LogP contribution >= 0.6 is 15.9 Å². The molecule has 2 heterocycles. The maximum atomic E-state index is 4.93. The quantitative estimate of drug-likeness (QED) is 0.209. The van der Waals surface area contributed by atoms with Crippen molar-refractivity contribution < 1.29 is 0 Å². The molecular formula is C36H38BrN3. The van der Waals surface area contributed by atoms with Crippen molar-refractivity contribution in [1.29, 1.82) is 0 Å². The zero-order chi connectivity index (χ0) is 27.1. The van der Waals surface area contributed by atoms with Crippen LogP contribution in [0.25, 0.3) is 27.2 Å². The van der Waals surface area contributed by atoms with Crippen molar-refractivity contribution in [3.8, 4) is 0 Å². The van der Waals surface area contributed by atoms with Crippen LogP contribution in [0.15, 0.2) is 76.8 Å². The van der Waals surface area contributed by atoms with E-state index in [4.69, 9.17) is 4.98 Å². The number of rotatable bonds is 6. The molecule has 0 amide bonds. The average molecular weight is 593 g/mol. The molecule has 3 nitrogen and oxygen atoms in total. The summed E-state index contributed by atoms with van der Waals surface area (Å²) in [6.45, 7) is 7.86. The number of fused-ring (bicyclic) bond motifs is 5. The molecule has 0 N–H and O–H groups in total. The summed E-state index contributed by atoms with van der Waals surface area (Å²) in [7, 11) is 0. The molecule has 1 aromatic heterocycles. The molecule has 0 radical (unpaired) electrons. The van der Waals surface area contributed by atoms with Gasteiger partial charge in [0.25, 0.3) is 0 Å². The van der Waals surface area contributed by atoms with E-state index in [1.165, 1.54) is 89.9 Å². The molecular weight excluding hydrogens is 554 g/mol. The molecule has 4 aromatic rings. The Labute approximate surface area is 246 Å². The molecule has 7 rings (SSSR count). The van der Waals surface area contributed by atoms with Gasteiger partial charge in [-0.3, -0.25) is 4.90 Å². The summed E-state index contributed by atoms with van der Waals surface area (Å²) in [6, 6.07) is 20.4. The van der Waals surface area contributed by atoms with Crippen molar-refractivity contribution in [2.75, 3.05) is 37.6 Å². The van der Waals surface area contributed by atoms with Crippen LogP contribution in [0.1, 0.15) is 54.4 Å². The van der Waals surface area contributed by atoms with Gasteiger partial charge in [-0.05, 0) is 127 Å². The third-order valence-corrected chi connectivity index (χ3v) is 9.83. The molecule has 3 aliphatic rings. The minimum absolute atomic E-state index is 1.05. The largest absolute Gasteiger partial charge is 0.354 e. The number of aryl methyl sites for hydroxylation is 3. The summed E-state index contributed by atoms with van der Waals surface area (Å²) in [5, 5.41) is 4.09. The van der Waals surface area contributed by atoms with Crippen LogP contribution in [-0.2, 0) is 12.8 Å². The van der Waals surface area contributed by atoms with Crippen molar-refractivity contribution in [1.82, 2.24) is 9.88 Å². The summed E-state index contributed by atoms with van der Waals surface area (Å²) in [4.78, 5) is 10.0. The Bertz CT molecular complexity index is 1640. The Hall–Kier alpha value is -2.95. The molecule has 1 fully saturated rings. The summed E-state index contributed by atoms with van der Waals surface area (Å²) in [5.41, 5.74) is 10.3. The van der Waals surface area contributed by atoms with E-state index in [1.807, 2.05) is 0 Å². The van der Waals surface area contributed by atoms with Crippen molar-refractivity contribution in [2.45, 2.75) is 51.9 Å². The number of piperazine rings is 1. The van der Waals surface area contributed by atoms with E-state index in [1.54, 1.807) is 11.1 Å². The first-order chi connectivity index (χ1) is 19.6. The van der Waals surface area contributed by atoms with Gasteiger partial charge in [-0.15, -0.1) is 0 Å². The van der Waals surface area contributed by atoms with Crippen LogP contribution in [0, 0.1) is 6.92 Å². The molecule has 0 spiro atoms. The Morgan fingerprint density at radius 2 is 1.73 bits per heavy atom. The topological polar surface area (TPSA) is 19.4 Å². The van der Waals surface area contributed by atoms with Crippen molar-refractivity contribution >= 4 is 49.0 Å². The second-order valence-corrected chi connectivity index (χ2v) is 12.8. The fourth-order valence-corrected chi connectivity index (χ4v) is 7.40. The predicted molar refractivity (Wildman–Crippen MR) is 173 cm³/mol. The van der Waals surface area contributed by atoms with Crippen LogP contribution in [-0.4, -0.2) is 42.6 Å². The number of aromatic nitrogens is 1. The monoisotopic (exact) mass is 591 g/mol. The number of pyridine rings is 1. The van der Waals surface area contributed by atoms with Crippen LogP contribution in [0.3, 0.4) is 0 Å². The maximum Gasteiger partial charge on any atom is 0.129 e. The first kappa shape index (κ1) is 26.0. The zero-order valence-electron chi connectivity index (χ0n) is 23.6. The fraction of sp³-hybridized carbons (Fsp3) is 0.361. The molecule has 3 aromatic carbocycles. The Kier molecular flexibility index (Phi) is 7.24. The Balaban J connectivity index is 0.939. The molecule has 0 unspecified atom stereocenters. The molecule has 204 valence electrons. The first-order valence-electron chi connectivity index (χ1n) is 15.1. The fourth-order valence-electron chi connectivity index (χ4n) is 7.02. The normalized spacial score (nSPS) is 17.5. The second-order valence-electron chi connectivity index (χ2n) is 11.8. The highest BCUT2D eigenvalue weighted by atomic mass is 79.9. The van der Waals surface area contributed by atoms with Gasteiger partial charge in [0.15, 0.2) is 0 Å². The van der Waals surface area contributed by atoms with Crippen LogP contribution < -0.4 is 4.90 Å². The van der Waals surface area contributed by atoms with Gasteiger partial charge < -0.3 is 4.90 Å². The Morgan fingerprint density at radius 3 is 2.62 bits per heavy atom. The van der Waals surface area contributed by atoms with Gasteiger partial charge in [-0.2, -0.15) is 0 Å². The van der Waals surface area contributed by atoms with Gasteiger partial charge in [-0.25, -0.2) is 4.98 Å². The smallest absolute Gasteiger partial charge is 0.129 e. The number of anilines is 1. The van der Waals surface area contributed by atoms with Crippen LogP contribution in [0.4, 0.5) is 5.82 Å². The first-order valence-corrected chi connectivity index (χ1v) is 15.9. The van der Waals surface area contributed by atoms with Gasteiger partial charge in [0, 0.05) is 36.0 Å². The van der Waals surface area contributed by atoms with Crippen LogP contribution in [0.5, 0.6) is 0 Å². The number of nitrogens with zero attached hydrogens (tertiary/aromatic N) is 3. The van der Waals surface area contributed by atoms with Crippen molar-refractivity contribution in [2.24, 2.45) is 0 Å². The van der Waals surface area contributed by atoms with Crippen molar-refractivity contribution in [3.63, 3.8) is 0 Å². The predicted octanol–water partition coefficient (Wildman–Crippen LogP) is 8.65. The van der Waals surface area contributed by atoms with E-state index in [9.17, 15) is 0 Å². The van der Waals surface area contributed by atoms with Gasteiger partial charge in [0.1, 0.15) is 5.82 Å². The van der Waals surface area contributed by atoms with E-state index >= 15 is 0 Å². The van der Waals surface area contributed by atoms with Gasteiger partial charge in [0.05, 0.1) is 5.52 Å². The highest BCUT2D eigenvalue weighted by Gasteiger charge is 2.21. The van der Waals surface area contributed by atoms with Gasteiger partial charge in [0.2, 0.25) is 0 Å². The summed E-state index contributed by atoms with van der Waals surface area (Å²) < 4.78 is 1.10. The lowest BCUT2D eigenvalue weighted by atomic mass is 9.79. The lowest BCUT2D eigenvalue weighted by Gasteiger charge is -2.35. The van der Waals surface area contributed by atoms with Crippen LogP contribution in [0.2, 0.25) is 0 Å². The summed E-state index contributed by atoms with van der Waals surface area (Å²) >= 11 is 3.56. The lowest BCUT2D eigenvalue weighted by Crippen LogP contribution is -2.46. The van der Waals surface area contributed by atoms with E-state index in [-0.39, 0.29) is 0 Å². The van der Waals surface area contributed by atoms with E-state index < -0.39 is 0 Å². The molecule has 0 atom stereocenters. The molecule has 1 saturated heterocycles. The number of unbranched alkanes of at least 4 members (excludes halogenated alkanes) is 1. The molecule has 0 saturated carbocycles. The molecule has 4 heteroatoms. The minimum atomic E-state index is 1.05. The maximum absolute atomic E-state index is 4.93. The highest BCUT2D eigenvalue weighted by molar-refractivity contribution is 9.10. The standard InChI is InChI=1S/C36H38BrN3/c1-25-22-34-28(10-14-32-31-8-3-2-6-26(31)9-13-33(32)34)23-27(25)7-4-5-17-39-18-20-40(21-19-39)36-16-11-29-24-30(37)12-15-35(29)38-36/h3,8,10-12,14-16,22-24H,2,4-7,9,13,17-21H2,1H3. The van der Waals surface area contributed by atoms with E-state index in [2.05, 4.69) is 99.4 Å². The lowest BCUT2D eigenvalue weighted by molar-refractivity contribution is 0.252. The average Bonchev–Trinajstić information content (AvgIpc) is 2.99. The molecule has 0 bridgehead atoms. The van der Waals surface area contributed by atoms with E-state index in [0.717, 1.165) is 42.0 Å². The van der Waals surface area contributed by atoms with Gasteiger partial charge in [-0.1, -0.05) is 57.9 Å². The molecule has 1 aliphatic heterocycles. The third-order valence-electron chi connectivity index (χ3n) is 9.34.